The molecule has 3 heterocycles. The highest BCUT2D eigenvalue weighted by Crippen LogP contribution is 2.46. The number of piperazine rings is 1. The number of benzene rings is 1. The minimum absolute atomic E-state index is 0.121. The highest BCUT2D eigenvalue weighted by molar-refractivity contribution is 5.99. The molecule has 0 aliphatic carbocycles. The second kappa shape index (κ2) is 6.84. The average molecular weight is 374 g/mol. The normalized spacial score (nSPS) is 29.7. The number of aliphatic carboxylic acids is 1. The van der Waals surface area contributed by atoms with Crippen molar-refractivity contribution in [1.82, 2.24) is 9.80 Å². The Hall–Kier alpha value is -2.61. The predicted octanol–water partition coefficient (Wildman–Crippen LogP) is 0.405. The van der Waals surface area contributed by atoms with E-state index in [0.29, 0.717) is 24.3 Å². The van der Waals surface area contributed by atoms with Crippen LogP contribution in [0.1, 0.15) is 30.9 Å². The number of carbonyl (C=O) groups excluding carboxylic acids is 2. The number of carboxylic acids is 1. The fourth-order valence-electron chi connectivity index (χ4n) is 4.61. The second-order valence-corrected chi connectivity index (χ2v) is 7.22. The van der Waals surface area contributed by atoms with Crippen molar-refractivity contribution in [3.8, 4) is 5.75 Å². The van der Waals surface area contributed by atoms with Gasteiger partial charge in [0.1, 0.15) is 24.4 Å². The van der Waals surface area contributed by atoms with Crippen molar-refractivity contribution in [2.45, 2.75) is 37.4 Å². The summed E-state index contributed by atoms with van der Waals surface area (Å²) in [5.41, 5.74) is 0.632. The maximum atomic E-state index is 13.1. The Kier molecular flexibility index (Phi) is 4.51. The van der Waals surface area contributed by atoms with Gasteiger partial charge in [-0.25, -0.2) is 0 Å². The lowest BCUT2D eigenvalue weighted by Gasteiger charge is -2.41. The second-order valence-electron chi connectivity index (χ2n) is 7.22. The molecule has 0 unspecified atom stereocenters. The van der Waals surface area contributed by atoms with E-state index in [4.69, 9.17) is 9.84 Å². The molecule has 1 aromatic rings. The standard InChI is InChI=1S/C19H22N2O6/c22-7-8-27-12-4-1-3-11(9-12)16-13(19(25)26)10-15-17(23)20-6-2-5-14(20)18(24)21(15)16/h1,3-4,9,13-16,22H,2,5-8,10H2,(H,25,26)/t13-,14+,15-,16-/m1/s1. The van der Waals surface area contributed by atoms with E-state index in [-0.39, 0.29) is 31.4 Å². The van der Waals surface area contributed by atoms with Gasteiger partial charge in [-0.1, -0.05) is 12.1 Å². The van der Waals surface area contributed by atoms with Crippen LogP contribution >= 0.6 is 0 Å². The van der Waals surface area contributed by atoms with Crippen LogP contribution in [-0.4, -0.2) is 69.6 Å². The summed E-state index contributed by atoms with van der Waals surface area (Å²) >= 11 is 0. The number of carbonyl (C=O) groups is 3. The highest BCUT2D eigenvalue weighted by atomic mass is 16.5. The monoisotopic (exact) mass is 374 g/mol. The summed E-state index contributed by atoms with van der Waals surface area (Å²) in [5.74, 6) is -1.67. The number of nitrogens with zero attached hydrogens (tertiary/aromatic N) is 2. The van der Waals surface area contributed by atoms with Gasteiger partial charge in [-0.2, -0.15) is 0 Å². The molecule has 3 saturated heterocycles. The van der Waals surface area contributed by atoms with E-state index in [1.807, 2.05) is 0 Å². The summed E-state index contributed by atoms with van der Waals surface area (Å²) in [7, 11) is 0. The van der Waals surface area contributed by atoms with Gasteiger partial charge in [0, 0.05) is 6.54 Å². The lowest BCUT2D eigenvalue weighted by Crippen LogP contribution is -2.60. The molecule has 2 amide bonds. The summed E-state index contributed by atoms with van der Waals surface area (Å²) in [5, 5.41) is 18.7. The van der Waals surface area contributed by atoms with Gasteiger partial charge < -0.3 is 24.7 Å². The number of aliphatic hydroxyl groups excluding tert-OH is 1. The third-order valence-electron chi connectivity index (χ3n) is 5.73. The average Bonchev–Trinajstić information content (AvgIpc) is 3.30. The van der Waals surface area contributed by atoms with Crippen LogP contribution in [0.25, 0.3) is 0 Å². The summed E-state index contributed by atoms with van der Waals surface area (Å²) in [6, 6.07) is 4.99. The van der Waals surface area contributed by atoms with E-state index in [1.165, 1.54) is 4.90 Å². The zero-order chi connectivity index (χ0) is 19.1. The lowest BCUT2D eigenvalue weighted by molar-refractivity contribution is -0.159. The van der Waals surface area contributed by atoms with E-state index in [1.54, 1.807) is 29.2 Å². The number of fused-ring (bicyclic) bond motifs is 2. The minimum Gasteiger partial charge on any atom is -0.491 e. The minimum atomic E-state index is -1.02. The summed E-state index contributed by atoms with van der Waals surface area (Å²) in [4.78, 5) is 41.0. The highest BCUT2D eigenvalue weighted by Gasteiger charge is 2.57. The maximum absolute atomic E-state index is 13.1. The molecule has 144 valence electrons. The largest absolute Gasteiger partial charge is 0.491 e. The summed E-state index contributed by atoms with van der Waals surface area (Å²) < 4.78 is 5.43. The number of hydrogen-bond donors (Lipinski definition) is 2. The van der Waals surface area contributed by atoms with Gasteiger partial charge in [0.2, 0.25) is 11.8 Å². The van der Waals surface area contributed by atoms with Crippen LogP contribution in [0.5, 0.6) is 5.75 Å². The van der Waals surface area contributed by atoms with Crippen molar-refractivity contribution in [1.29, 1.82) is 0 Å². The first-order valence-corrected chi connectivity index (χ1v) is 9.22. The first kappa shape index (κ1) is 17.8. The van der Waals surface area contributed by atoms with Crippen LogP contribution in [-0.2, 0) is 14.4 Å². The fourth-order valence-corrected chi connectivity index (χ4v) is 4.61. The van der Waals surface area contributed by atoms with Gasteiger partial charge in [-0.15, -0.1) is 0 Å². The molecule has 0 radical (unpaired) electrons. The van der Waals surface area contributed by atoms with E-state index in [9.17, 15) is 19.5 Å². The van der Waals surface area contributed by atoms with E-state index in [2.05, 4.69) is 0 Å². The number of rotatable bonds is 5. The molecule has 3 aliphatic rings. The van der Waals surface area contributed by atoms with Crippen LogP contribution in [0.2, 0.25) is 0 Å². The molecule has 8 nitrogen and oxygen atoms in total. The topological polar surface area (TPSA) is 107 Å². The zero-order valence-corrected chi connectivity index (χ0v) is 14.8. The molecular weight excluding hydrogens is 352 g/mol. The zero-order valence-electron chi connectivity index (χ0n) is 14.8. The van der Waals surface area contributed by atoms with Crippen molar-refractivity contribution in [2.24, 2.45) is 5.92 Å². The van der Waals surface area contributed by atoms with Gasteiger partial charge in [-0.05, 0) is 37.0 Å². The van der Waals surface area contributed by atoms with Gasteiger partial charge in [0.25, 0.3) is 0 Å². The molecule has 4 rings (SSSR count). The van der Waals surface area contributed by atoms with Crippen molar-refractivity contribution in [2.75, 3.05) is 19.8 Å². The van der Waals surface area contributed by atoms with Crippen LogP contribution in [0, 0.1) is 5.92 Å². The number of carboxylic acid groups (broad SMARTS) is 1. The number of aliphatic hydroxyl groups is 1. The molecular formula is C19H22N2O6. The van der Waals surface area contributed by atoms with Crippen molar-refractivity contribution >= 4 is 17.8 Å². The Morgan fingerprint density at radius 3 is 2.78 bits per heavy atom. The number of hydrogen-bond acceptors (Lipinski definition) is 5. The smallest absolute Gasteiger partial charge is 0.309 e. The Balaban J connectivity index is 1.72. The van der Waals surface area contributed by atoms with E-state index in [0.717, 1.165) is 6.42 Å². The molecule has 4 atom stereocenters. The first-order valence-electron chi connectivity index (χ1n) is 9.22. The number of amides is 2. The molecule has 3 fully saturated rings. The molecule has 0 spiro atoms. The quantitative estimate of drug-likeness (QED) is 0.773. The van der Waals surface area contributed by atoms with Gasteiger partial charge >= 0.3 is 5.97 Å². The van der Waals surface area contributed by atoms with Crippen molar-refractivity contribution in [3.05, 3.63) is 29.8 Å². The third-order valence-corrected chi connectivity index (χ3v) is 5.73. The third kappa shape index (κ3) is 2.84. The molecule has 2 N–H and O–H groups in total. The van der Waals surface area contributed by atoms with Gasteiger partial charge in [0.05, 0.1) is 18.6 Å². The van der Waals surface area contributed by atoms with Crippen LogP contribution in [0.15, 0.2) is 24.3 Å². The Morgan fingerprint density at radius 2 is 2.04 bits per heavy atom. The molecule has 0 aromatic heterocycles. The predicted molar refractivity (Wildman–Crippen MR) is 92.9 cm³/mol. The van der Waals surface area contributed by atoms with Crippen molar-refractivity contribution < 1.29 is 29.3 Å². The Morgan fingerprint density at radius 1 is 1.22 bits per heavy atom. The molecule has 27 heavy (non-hydrogen) atoms. The Bertz CT molecular complexity index is 781. The maximum Gasteiger partial charge on any atom is 0.309 e. The van der Waals surface area contributed by atoms with Gasteiger partial charge in [0.15, 0.2) is 0 Å². The molecule has 1 aromatic carbocycles. The van der Waals surface area contributed by atoms with Crippen LogP contribution < -0.4 is 4.74 Å². The number of ether oxygens (including phenoxy) is 1. The molecule has 8 heteroatoms. The Labute approximate surface area is 156 Å². The van der Waals surface area contributed by atoms with E-state index >= 15 is 0 Å². The summed E-state index contributed by atoms with van der Waals surface area (Å²) in [6.07, 6.45) is 1.54. The SMILES string of the molecule is O=C(O)[C@@H]1C[C@@H]2C(=O)N3CCC[C@H]3C(=O)N2[C@@H]1c1cccc(OCCO)c1. The first-order chi connectivity index (χ1) is 13.0. The van der Waals surface area contributed by atoms with Crippen molar-refractivity contribution in [3.63, 3.8) is 0 Å². The molecule has 3 aliphatic heterocycles. The lowest BCUT2D eigenvalue weighted by atomic mass is 9.93. The van der Waals surface area contributed by atoms with Gasteiger partial charge in [-0.3, -0.25) is 14.4 Å². The van der Waals surface area contributed by atoms with E-state index < -0.39 is 30.0 Å². The molecule has 0 bridgehead atoms. The van der Waals surface area contributed by atoms with Crippen LogP contribution in [0.3, 0.4) is 0 Å². The summed E-state index contributed by atoms with van der Waals surface area (Å²) in [6.45, 7) is 0.549. The fraction of sp³-hybridized carbons (Fsp3) is 0.526. The van der Waals surface area contributed by atoms with Crippen LogP contribution in [0.4, 0.5) is 0 Å². The molecule has 0 saturated carbocycles.